The SMILES string of the molecule is CCC1CCCC1NCC(=O)OC(C)(C)C. The monoisotopic (exact) mass is 227 g/mol. The van der Waals surface area contributed by atoms with Gasteiger partial charge in [-0.3, -0.25) is 4.79 Å². The third-order valence-corrected chi connectivity index (χ3v) is 3.11. The molecule has 94 valence electrons. The number of carbonyl (C=O) groups excluding carboxylic acids is 1. The zero-order chi connectivity index (χ0) is 12.2. The second-order valence-electron chi connectivity index (χ2n) is 5.67. The highest BCUT2D eigenvalue weighted by molar-refractivity contribution is 5.72. The van der Waals surface area contributed by atoms with Crippen LogP contribution >= 0.6 is 0 Å². The number of carbonyl (C=O) groups is 1. The summed E-state index contributed by atoms with van der Waals surface area (Å²) in [4.78, 5) is 11.5. The van der Waals surface area contributed by atoms with Crippen LogP contribution in [0.15, 0.2) is 0 Å². The van der Waals surface area contributed by atoms with Gasteiger partial charge < -0.3 is 10.1 Å². The summed E-state index contributed by atoms with van der Waals surface area (Å²) >= 11 is 0. The van der Waals surface area contributed by atoms with Gasteiger partial charge in [0.1, 0.15) is 5.60 Å². The van der Waals surface area contributed by atoms with E-state index >= 15 is 0 Å². The molecule has 0 aromatic rings. The molecule has 0 amide bonds. The fourth-order valence-corrected chi connectivity index (χ4v) is 2.39. The van der Waals surface area contributed by atoms with E-state index in [0.717, 1.165) is 5.92 Å². The summed E-state index contributed by atoms with van der Waals surface area (Å²) in [5.74, 6) is 0.594. The fourth-order valence-electron chi connectivity index (χ4n) is 2.39. The average molecular weight is 227 g/mol. The van der Waals surface area contributed by atoms with Crippen LogP contribution in [0.4, 0.5) is 0 Å². The maximum absolute atomic E-state index is 11.5. The molecule has 1 fully saturated rings. The van der Waals surface area contributed by atoms with Gasteiger partial charge in [-0.05, 0) is 39.5 Å². The molecule has 0 radical (unpaired) electrons. The third kappa shape index (κ3) is 4.52. The van der Waals surface area contributed by atoms with Gasteiger partial charge in [-0.25, -0.2) is 0 Å². The first kappa shape index (κ1) is 13.5. The molecule has 2 atom stereocenters. The largest absolute Gasteiger partial charge is 0.459 e. The second-order valence-corrected chi connectivity index (χ2v) is 5.67. The Morgan fingerprint density at radius 1 is 1.38 bits per heavy atom. The molecule has 0 aromatic carbocycles. The van der Waals surface area contributed by atoms with Crippen molar-refractivity contribution in [2.75, 3.05) is 6.54 Å². The van der Waals surface area contributed by atoms with Gasteiger partial charge >= 0.3 is 5.97 Å². The molecule has 0 spiro atoms. The number of esters is 1. The summed E-state index contributed by atoms with van der Waals surface area (Å²) in [5.41, 5.74) is -0.376. The molecule has 16 heavy (non-hydrogen) atoms. The molecule has 3 nitrogen and oxygen atoms in total. The first-order valence-corrected chi connectivity index (χ1v) is 6.37. The standard InChI is InChI=1S/C13H25NO2/c1-5-10-7-6-8-11(10)14-9-12(15)16-13(2,3)4/h10-11,14H,5-9H2,1-4H3. The van der Waals surface area contributed by atoms with Crippen molar-refractivity contribution >= 4 is 5.97 Å². The van der Waals surface area contributed by atoms with Crippen LogP contribution in [-0.4, -0.2) is 24.2 Å². The summed E-state index contributed by atoms with van der Waals surface area (Å²) in [6, 6.07) is 0.512. The van der Waals surface area contributed by atoms with Gasteiger partial charge in [0, 0.05) is 6.04 Å². The zero-order valence-corrected chi connectivity index (χ0v) is 11.0. The predicted molar refractivity (Wildman–Crippen MR) is 65.3 cm³/mol. The van der Waals surface area contributed by atoms with Gasteiger partial charge in [0.15, 0.2) is 0 Å². The van der Waals surface area contributed by atoms with Crippen molar-refractivity contribution in [3.8, 4) is 0 Å². The van der Waals surface area contributed by atoms with Crippen LogP contribution in [0.25, 0.3) is 0 Å². The van der Waals surface area contributed by atoms with Crippen molar-refractivity contribution in [1.29, 1.82) is 0 Å². The smallest absolute Gasteiger partial charge is 0.320 e. The summed E-state index contributed by atoms with van der Waals surface area (Å²) < 4.78 is 5.26. The van der Waals surface area contributed by atoms with Crippen molar-refractivity contribution in [2.45, 2.75) is 65.0 Å². The van der Waals surface area contributed by atoms with E-state index in [2.05, 4.69) is 12.2 Å². The van der Waals surface area contributed by atoms with E-state index in [1.807, 2.05) is 20.8 Å². The minimum Gasteiger partial charge on any atom is -0.459 e. The normalized spacial score (nSPS) is 25.8. The Morgan fingerprint density at radius 3 is 2.62 bits per heavy atom. The maximum Gasteiger partial charge on any atom is 0.320 e. The van der Waals surface area contributed by atoms with Gasteiger partial charge in [0.05, 0.1) is 6.54 Å². The van der Waals surface area contributed by atoms with Crippen LogP contribution < -0.4 is 5.32 Å². The highest BCUT2D eigenvalue weighted by atomic mass is 16.6. The Labute approximate surface area is 98.9 Å². The molecular weight excluding hydrogens is 202 g/mol. The number of nitrogens with one attached hydrogen (secondary N) is 1. The Hall–Kier alpha value is -0.570. The molecule has 0 saturated heterocycles. The number of ether oxygens (including phenoxy) is 1. The Bertz CT molecular complexity index is 233. The fraction of sp³-hybridized carbons (Fsp3) is 0.923. The van der Waals surface area contributed by atoms with Crippen LogP contribution in [0.5, 0.6) is 0 Å². The van der Waals surface area contributed by atoms with Crippen LogP contribution in [0, 0.1) is 5.92 Å². The molecule has 3 heteroatoms. The molecule has 1 aliphatic rings. The molecule has 2 unspecified atom stereocenters. The molecule has 1 saturated carbocycles. The van der Waals surface area contributed by atoms with Gasteiger partial charge in [0.2, 0.25) is 0 Å². The average Bonchev–Trinajstić information content (AvgIpc) is 2.59. The lowest BCUT2D eigenvalue weighted by atomic mass is 10.0. The number of hydrogen-bond donors (Lipinski definition) is 1. The summed E-state index contributed by atoms with van der Waals surface area (Å²) in [6.45, 7) is 8.26. The molecule has 0 aromatic heterocycles. The summed E-state index contributed by atoms with van der Waals surface area (Å²) in [5, 5.41) is 3.33. The highest BCUT2D eigenvalue weighted by Crippen LogP contribution is 2.27. The van der Waals surface area contributed by atoms with Gasteiger partial charge in [-0.2, -0.15) is 0 Å². The van der Waals surface area contributed by atoms with E-state index in [0.29, 0.717) is 12.6 Å². The topological polar surface area (TPSA) is 38.3 Å². The molecule has 0 aliphatic heterocycles. The lowest BCUT2D eigenvalue weighted by Gasteiger charge is -2.22. The highest BCUT2D eigenvalue weighted by Gasteiger charge is 2.26. The molecular formula is C13H25NO2. The van der Waals surface area contributed by atoms with E-state index < -0.39 is 0 Å². The molecule has 1 aliphatic carbocycles. The second kappa shape index (κ2) is 5.67. The first-order chi connectivity index (χ1) is 7.42. The minimum atomic E-state index is -0.376. The van der Waals surface area contributed by atoms with Crippen molar-refractivity contribution < 1.29 is 9.53 Å². The Morgan fingerprint density at radius 2 is 2.06 bits per heavy atom. The van der Waals surface area contributed by atoms with E-state index in [1.165, 1.54) is 25.7 Å². The van der Waals surface area contributed by atoms with E-state index in [1.54, 1.807) is 0 Å². The van der Waals surface area contributed by atoms with Crippen LogP contribution in [0.2, 0.25) is 0 Å². The summed E-state index contributed by atoms with van der Waals surface area (Å²) in [7, 11) is 0. The lowest BCUT2D eigenvalue weighted by Crippen LogP contribution is -2.38. The van der Waals surface area contributed by atoms with Gasteiger partial charge in [0.25, 0.3) is 0 Å². The quantitative estimate of drug-likeness (QED) is 0.750. The molecule has 0 heterocycles. The van der Waals surface area contributed by atoms with Crippen molar-refractivity contribution in [3.63, 3.8) is 0 Å². The van der Waals surface area contributed by atoms with Gasteiger partial charge in [-0.1, -0.05) is 19.8 Å². The van der Waals surface area contributed by atoms with Crippen molar-refractivity contribution in [2.24, 2.45) is 5.92 Å². The third-order valence-electron chi connectivity index (χ3n) is 3.11. The van der Waals surface area contributed by atoms with E-state index in [-0.39, 0.29) is 11.6 Å². The minimum absolute atomic E-state index is 0.144. The Balaban J connectivity index is 2.26. The van der Waals surface area contributed by atoms with Crippen LogP contribution in [0.1, 0.15) is 53.4 Å². The summed E-state index contributed by atoms with van der Waals surface area (Å²) in [6.07, 6.45) is 4.97. The van der Waals surface area contributed by atoms with Crippen LogP contribution in [0.3, 0.4) is 0 Å². The van der Waals surface area contributed by atoms with Crippen LogP contribution in [-0.2, 0) is 9.53 Å². The lowest BCUT2D eigenvalue weighted by molar-refractivity contribution is -0.153. The van der Waals surface area contributed by atoms with E-state index in [4.69, 9.17) is 4.74 Å². The number of hydrogen-bond acceptors (Lipinski definition) is 3. The molecule has 0 bridgehead atoms. The Kier molecular flexibility index (Phi) is 4.78. The van der Waals surface area contributed by atoms with Crippen molar-refractivity contribution in [3.05, 3.63) is 0 Å². The molecule has 1 N–H and O–H groups in total. The number of rotatable bonds is 4. The zero-order valence-electron chi connectivity index (χ0n) is 11.0. The van der Waals surface area contributed by atoms with E-state index in [9.17, 15) is 4.79 Å². The van der Waals surface area contributed by atoms with Gasteiger partial charge in [-0.15, -0.1) is 0 Å². The first-order valence-electron chi connectivity index (χ1n) is 6.37. The predicted octanol–water partition coefficient (Wildman–Crippen LogP) is 2.50. The molecule has 1 rings (SSSR count). The van der Waals surface area contributed by atoms with Crippen molar-refractivity contribution in [1.82, 2.24) is 5.32 Å². The maximum atomic E-state index is 11.5.